The molecule has 0 aliphatic heterocycles. The van der Waals surface area contributed by atoms with Crippen LogP contribution < -0.4 is 0 Å². The average Bonchev–Trinajstić information content (AvgIpc) is 2.49. The number of hydrogen-bond donors (Lipinski definition) is 0. The minimum Gasteiger partial charge on any atom is -0.290 e. The highest BCUT2D eigenvalue weighted by Gasteiger charge is 2.50. The number of Topliss-reactive ketones (excluding diaryl/α,β-unsaturated/α-hetero) is 1. The summed E-state index contributed by atoms with van der Waals surface area (Å²) in [5, 5.41) is -1.63. The number of allylic oxidation sites excluding steroid dienone is 2. The van der Waals surface area contributed by atoms with Gasteiger partial charge >= 0.3 is 0 Å². The number of aryl methyl sites for hydroxylation is 1. The maximum atomic E-state index is 12.4. The maximum absolute atomic E-state index is 12.4. The third-order valence-electron chi connectivity index (χ3n) is 3.31. The van der Waals surface area contributed by atoms with E-state index in [9.17, 15) is 13.2 Å². The predicted molar refractivity (Wildman–Crippen MR) is 93.4 cm³/mol. The SMILES string of the molecule is CC1=C(Cl)C(=O)C(Cl)(Cl)C(Cl)C1=NS(=O)(=O)c1ccc(C)cc1. The second-order valence-electron chi connectivity index (χ2n) is 5.02. The van der Waals surface area contributed by atoms with E-state index < -0.39 is 25.5 Å². The van der Waals surface area contributed by atoms with Crippen molar-refractivity contribution in [2.75, 3.05) is 0 Å². The fraction of sp³-hybridized carbons (Fsp3) is 0.286. The highest BCUT2D eigenvalue weighted by molar-refractivity contribution is 7.90. The van der Waals surface area contributed by atoms with Crippen LogP contribution >= 0.6 is 46.4 Å². The summed E-state index contributed by atoms with van der Waals surface area (Å²) >= 11 is 23.8. The third kappa shape index (κ3) is 3.44. The minimum atomic E-state index is -4.05. The molecule has 0 bridgehead atoms. The molecule has 1 atom stereocenters. The topological polar surface area (TPSA) is 63.6 Å². The Morgan fingerprint density at radius 3 is 2.17 bits per heavy atom. The van der Waals surface area contributed by atoms with Gasteiger partial charge in [0.2, 0.25) is 10.1 Å². The molecule has 0 saturated carbocycles. The van der Waals surface area contributed by atoms with E-state index in [2.05, 4.69) is 4.40 Å². The molecule has 124 valence electrons. The first-order chi connectivity index (χ1) is 10.5. The Hall–Kier alpha value is -0.590. The number of halogens is 4. The van der Waals surface area contributed by atoms with Crippen LogP contribution in [0.15, 0.2) is 44.2 Å². The fourth-order valence-electron chi connectivity index (χ4n) is 1.91. The summed E-state index contributed by atoms with van der Waals surface area (Å²) in [6.07, 6.45) is 0. The molecule has 0 amide bonds. The van der Waals surface area contributed by atoms with Crippen LogP contribution in [0.1, 0.15) is 12.5 Å². The number of ketones is 1. The molecule has 0 fully saturated rings. The fourth-order valence-corrected chi connectivity index (χ4v) is 4.11. The van der Waals surface area contributed by atoms with Crippen molar-refractivity contribution in [3.8, 4) is 0 Å². The van der Waals surface area contributed by atoms with Gasteiger partial charge in [0, 0.05) is 0 Å². The first-order valence-electron chi connectivity index (χ1n) is 6.33. The van der Waals surface area contributed by atoms with Crippen molar-refractivity contribution in [3.05, 3.63) is 40.4 Å². The minimum absolute atomic E-state index is 0.0185. The number of benzene rings is 1. The van der Waals surface area contributed by atoms with Crippen molar-refractivity contribution in [1.29, 1.82) is 0 Å². The van der Waals surface area contributed by atoms with Crippen molar-refractivity contribution in [2.24, 2.45) is 4.40 Å². The summed E-state index contributed by atoms with van der Waals surface area (Å²) in [6, 6.07) is 6.11. The van der Waals surface area contributed by atoms with Gasteiger partial charge in [-0.3, -0.25) is 4.79 Å². The van der Waals surface area contributed by atoms with E-state index >= 15 is 0 Å². The van der Waals surface area contributed by atoms with Crippen molar-refractivity contribution >= 4 is 67.9 Å². The molecule has 1 aromatic rings. The van der Waals surface area contributed by atoms with E-state index in [1.807, 2.05) is 6.92 Å². The molecule has 1 aromatic carbocycles. The van der Waals surface area contributed by atoms with Crippen molar-refractivity contribution in [1.82, 2.24) is 0 Å². The molecule has 9 heteroatoms. The largest absolute Gasteiger partial charge is 0.290 e. The summed E-state index contributed by atoms with van der Waals surface area (Å²) in [5.41, 5.74) is 0.876. The van der Waals surface area contributed by atoms with Gasteiger partial charge in [-0.25, -0.2) is 0 Å². The van der Waals surface area contributed by atoms with Gasteiger partial charge in [0.15, 0.2) is 0 Å². The van der Waals surface area contributed by atoms with E-state index in [-0.39, 0.29) is 21.2 Å². The lowest BCUT2D eigenvalue weighted by atomic mass is 9.96. The molecular formula is C14H11Cl4NO3S. The van der Waals surface area contributed by atoms with Crippen LogP contribution in [0.3, 0.4) is 0 Å². The Morgan fingerprint density at radius 1 is 1.13 bits per heavy atom. The molecule has 0 spiro atoms. The van der Waals surface area contributed by atoms with Crippen LogP contribution in [-0.4, -0.2) is 29.6 Å². The summed E-state index contributed by atoms with van der Waals surface area (Å²) in [7, 11) is -4.05. The Balaban J connectivity index is 2.61. The second-order valence-corrected chi connectivity index (χ2v) is 8.82. The Morgan fingerprint density at radius 2 is 1.65 bits per heavy atom. The number of hydrogen-bond acceptors (Lipinski definition) is 3. The zero-order chi connectivity index (χ0) is 17.6. The monoisotopic (exact) mass is 413 g/mol. The normalized spacial score (nSPS) is 23.5. The average molecular weight is 415 g/mol. The summed E-state index contributed by atoms with van der Waals surface area (Å²) in [6.45, 7) is 3.26. The second kappa shape index (κ2) is 6.37. The predicted octanol–water partition coefficient (Wildman–Crippen LogP) is 4.00. The molecule has 0 heterocycles. The van der Waals surface area contributed by atoms with Crippen LogP contribution in [0.25, 0.3) is 0 Å². The molecular weight excluding hydrogens is 404 g/mol. The number of alkyl halides is 3. The quantitative estimate of drug-likeness (QED) is 0.687. The van der Waals surface area contributed by atoms with Gasteiger partial charge < -0.3 is 0 Å². The first kappa shape index (κ1) is 18.7. The number of carbonyl (C=O) groups excluding carboxylic acids is 1. The molecule has 1 aliphatic carbocycles. The number of sulfonamides is 1. The molecule has 2 rings (SSSR count). The van der Waals surface area contributed by atoms with Crippen molar-refractivity contribution in [3.63, 3.8) is 0 Å². The first-order valence-corrected chi connectivity index (χ1v) is 9.34. The zero-order valence-corrected chi connectivity index (χ0v) is 15.8. The van der Waals surface area contributed by atoms with E-state index in [4.69, 9.17) is 46.4 Å². The van der Waals surface area contributed by atoms with E-state index in [0.717, 1.165) is 5.56 Å². The number of nitrogens with zero attached hydrogens (tertiary/aromatic N) is 1. The lowest BCUT2D eigenvalue weighted by molar-refractivity contribution is -0.115. The molecule has 4 nitrogen and oxygen atoms in total. The number of carbonyl (C=O) groups is 1. The van der Waals surface area contributed by atoms with Gasteiger partial charge in [0.25, 0.3) is 10.0 Å². The van der Waals surface area contributed by atoms with Crippen molar-refractivity contribution < 1.29 is 13.2 Å². The van der Waals surface area contributed by atoms with Crippen LogP contribution in [0.5, 0.6) is 0 Å². The van der Waals surface area contributed by atoms with Crippen LogP contribution in [0.2, 0.25) is 0 Å². The van der Waals surface area contributed by atoms with Gasteiger partial charge in [-0.15, -0.1) is 11.6 Å². The van der Waals surface area contributed by atoms with Crippen LogP contribution in [0.4, 0.5) is 0 Å². The molecule has 23 heavy (non-hydrogen) atoms. The van der Waals surface area contributed by atoms with Gasteiger partial charge in [-0.1, -0.05) is 52.5 Å². The Bertz CT molecular complexity index is 826. The summed E-state index contributed by atoms with van der Waals surface area (Å²) in [4.78, 5) is 11.9. The Kier molecular flexibility index (Phi) is 5.19. The van der Waals surface area contributed by atoms with Gasteiger partial charge in [0.1, 0.15) is 5.38 Å². The van der Waals surface area contributed by atoms with E-state index in [1.165, 1.54) is 19.1 Å². The van der Waals surface area contributed by atoms with Gasteiger partial charge in [-0.2, -0.15) is 12.8 Å². The Labute approximate surface area is 154 Å². The number of rotatable bonds is 2. The highest BCUT2D eigenvalue weighted by atomic mass is 35.5. The van der Waals surface area contributed by atoms with E-state index in [0.29, 0.717) is 0 Å². The van der Waals surface area contributed by atoms with Gasteiger partial charge in [-0.05, 0) is 31.6 Å². The zero-order valence-electron chi connectivity index (χ0n) is 12.0. The van der Waals surface area contributed by atoms with Gasteiger partial charge in [0.05, 0.1) is 15.6 Å². The lowest BCUT2D eigenvalue weighted by Gasteiger charge is -2.30. The van der Waals surface area contributed by atoms with E-state index in [1.54, 1.807) is 12.1 Å². The standard InChI is InChI=1S/C14H11Cl4NO3S/c1-7-3-5-9(6-4-7)23(21,22)19-11-8(2)10(15)13(20)14(17,18)12(11)16/h3-6,12H,1-2H3. The molecule has 1 aliphatic rings. The van der Waals surface area contributed by atoms with Crippen LogP contribution in [0, 0.1) is 6.92 Å². The smallest absolute Gasteiger partial charge is 0.282 e. The molecule has 1 unspecified atom stereocenters. The lowest BCUT2D eigenvalue weighted by Crippen LogP contribution is -2.46. The highest BCUT2D eigenvalue weighted by Crippen LogP contribution is 2.41. The van der Waals surface area contributed by atoms with Crippen LogP contribution in [-0.2, 0) is 14.8 Å². The summed E-state index contributed by atoms with van der Waals surface area (Å²) in [5.74, 6) is -0.785. The molecule has 0 N–H and O–H groups in total. The maximum Gasteiger partial charge on any atom is 0.282 e. The summed E-state index contributed by atoms with van der Waals surface area (Å²) < 4.78 is 26.5. The molecule has 0 saturated heterocycles. The molecule has 0 aromatic heterocycles. The van der Waals surface area contributed by atoms with Crippen molar-refractivity contribution in [2.45, 2.75) is 28.5 Å². The molecule has 0 radical (unpaired) electrons. The third-order valence-corrected chi connectivity index (χ3v) is 6.61.